The van der Waals surface area contributed by atoms with Crippen LogP contribution in [0.4, 0.5) is 5.82 Å². The SMILES string of the molecule is CNc1cc(C2CC(=O)N(CCOC)C2)nc(C2CCN(C(=O)CC(C)C)CC2)n1. The molecular formula is C22H35N5O3. The highest BCUT2D eigenvalue weighted by molar-refractivity contribution is 5.79. The van der Waals surface area contributed by atoms with Crippen molar-refractivity contribution >= 4 is 17.6 Å². The van der Waals surface area contributed by atoms with E-state index in [1.54, 1.807) is 7.11 Å². The van der Waals surface area contributed by atoms with Gasteiger partial charge in [0.15, 0.2) is 0 Å². The Kier molecular flexibility index (Phi) is 7.64. The summed E-state index contributed by atoms with van der Waals surface area (Å²) in [5.74, 6) is 2.71. The van der Waals surface area contributed by atoms with E-state index in [1.807, 2.05) is 22.9 Å². The zero-order valence-corrected chi connectivity index (χ0v) is 18.7. The zero-order valence-electron chi connectivity index (χ0n) is 18.7. The normalized spacial score (nSPS) is 20.3. The van der Waals surface area contributed by atoms with E-state index in [0.717, 1.165) is 43.3 Å². The van der Waals surface area contributed by atoms with Crippen LogP contribution >= 0.6 is 0 Å². The van der Waals surface area contributed by atoms with E-state index < -0.39 is 0 Å². The Labute approximate surface area is 179 Å². The highest BCUT2D eigenvalue weighted by Gasteiger charge is 2.33. The molecule has 1 unspecified atom stereocenters. The number of rotatable bonds is 8. The maximum Gasteiger partial charge on any atom is 0.223 e. The molecule has 1 aromatic heterocycles. The van der Waals surface area contributed by atoms with Crippen LogP contribution in [0, 0.1) is 5.92 Å². The van der Waals surface area contributed by atoms with Gasteiger partial charge in [0.1, 0.15) is 11.6 Å². The van der Waals surface area contributed by atoms with Gasteiger partial charge in [-0.3, -0.25) is 9.59 Å². The van der Waals surface area contributed by atoms with E-state index in [9.17, 15) is 9.59 Å². The highest BCUT2D eigenvalue weighted by Crippen LogP contribution is 2.32. The van der Waals surface area contributed by atoms with Gasteiger partial charge in [0.25, 0.3) is 0 Å². The summed E-state index contributed by atoms with van der Waals surface area (Å²) in [4.78, 5) is 38.1. The topological polar surface area (TPSA) is 87.7 Å². The number of ether oxygens (including phenoxy) is 1. The van der Waals surface area contributed by atoms with Crippen LogP contribution in [0.25, 0.3) is 0 Å². The summed E-state index contributed by atoms with van der Waals surface area (Å²) in [5.41, 5.74) is 0.927. The molecule has 0 spiro atoms. The number of likely N-dealkylation sites (tertiary alicyclic amines) is 2. The summed E-state index contributed by atoms with van der Waals surface area (Å²) in [6.07, 6.45) is 2.83. The van der Waals surface area contributed by atoms with E-state index in [1.165, 1.54) is 0 Å². The molecule has 8 heteroatoms. The summed E-state index contributed by atoms with van der Waals surface area (Å²) in [7, 11) is 3.50. The van der Waals surface area contributed by atoms with Crippen molar-refractivity contribution in [1.29, 1.82) is 0 Å². The summed E-state index contributed by atoms with van der Waals surface area (Å²) < 4.78 is 5.12. The molecule has 0 saturated carbocycles. The third kappa shape index (κ3) is 5.47. The quantitative estimate of drug-likeness (QED) is 0.698. The molecule has 166 valence electrons. The number of hydrogen-bond donors (Lipinski definition) is 1. The molecule has 1 aromatic rings. The lowest BCUT2D eigenvalue weighted by atomic mass is 9.94. The number of nitrogens with one attached hydrogen (secondary N) is 1. The Morgan fingerprint density at radius 1 is 1.27 bits per heavy atom. The molecule has 30 heavy (non-hydrogen) atoms. The van der Waals surface area contributed by atoms with E-state index in [2.05, 4.69) is 19.2 Å². The Balaban J connectivity index is 1.68. The van der Waals surface area contributed by atoms with Crippen LogP contribution in [-0.4, -0.2) is 78.5 Å². The van der Waals surface area contributed by atoms with E-state index in [4.69, 9.17) is 14.7 Å². The summed E-state index contributed by atoms with van der Waals surface area (Å²) in [6, 6.07) is 1.96. The fourth-order valence-corrected chi connectivity index (χ4v) is 4.26. The van der Waals surface area contributed by atoms with Gasteiger partial charge in [0.05, 0.1) is 12.3 Å². The number of aromatic nitrogens is 2. The predicted octanol–water partition coefficient (Wildman–Crippen LogP) is 2.23. The molecule has 1 atom stereocenters. The molecule has 1 N–H and O–H groups in total. The average molecular weight is 418 g/mol. The monoisotopic (exact) mass is 417 g/mol. The van der Waals surface area contributed by atoms with Crippen LogP contribution in [0.5, 0.6) is 0 Å². The molecule has 2 aliphatic heterocycles. The zero-order chi connectivity index (χ0) is 21.7. The van der Waals surface area contributed by atoms with Gasteiger partial charge in [0, 0.05) is 71.1 Å². The molecule has 2 saturated heterocycles. The number of piperidine rings is 1. The largest absolute Gasteiger partial charge is 0.383 e. The van der Waals surface area contributed by atoms with Crippen LogP contribution < -0.4 is 5.32 Å². The van der Waals surface area contributed by atoms with Crippen LogP contribution in [0.15, 0.2) is 6.07 Å². The van der Waals surface area contributed by atoms with Crippen molar-refractivity contribution < 1.29 is 14.3 Å². The van der Waals surface area contributed by atoms with Crippen molar-refractivity contribution in [2.45, 2.75) is 51.4 Å². The first-order chi connectivity index (χ1) is 14.4. The third-order valence-corrected chi connectivity index (χ3v) is 6.01. The van der Waals surface area contributed by atoms with Crippen LogP contribution in [0.1, 0.15) is 62.9 Å². The maximum absolute atomic E-state index is 12.4. The van der Waals surface area contributed by atoms with Crippen LogP contribution in [0.3, 0.4) is 0 Å². The summed E-state index contributed by atoms with van der Waals surface area (Å²) >= 11 is 0. The van der Waals surface area contributed by atoms with Crippen molar-refractivity contribution in [2.75, 3.05) is 52.3 Å². The van der Waals surface area contributed by atoms with Gasteiger partial charge in [-0.25, -0.2) is 9.97 Å². The summed E-state index contributed by atoms with van der Waals surface area (Å²) in [6.45, 7) is 7.50. The number of carbonyl (C=O) groups excluding carboxylic acids is 2. The lowest BCUT2D eigenvalue weighted by molar-refractivity contribution is -0.133. The number of hydrogen-bond acceptors (Lipinski definition) is 6. The molecule has 2 amide bonds. The van der Waals surface area contributed by atoms with Crippen molar-refractivity contribution in [3.63, 3.8) is 0 Å². The Morgan fingerprint density at radius 2 is 2.00 bits per heavy atom. The number of methoxy groups -OCH3 is 1. The smallest absolute Gasteiger partial charge is 0.223 e. The van der Waals surface area contributed by atoms with Gasteiger partial charge in [-0.05, 0) is 18.8 Å². The lowest BCUT2D eigenvalue weighted by Crippen LogP contribution is -2.38. The molecule has 8 nitrogen and oxygen atoms in total. The Hall–Kier alpha value is -2.22. The minimum atomic E-state index is 0.0796. The predicted molar refractivity (Wildman–Crippen MR) is 115 cm³/mol. The van der Waals surface area contributed by atoms with Crippen molar-refractivity contribution in [3.8, 4) is 0 Å². The van der Waals surface area contributed by atoms with Crippen molar-refractivity contribution in [2.24, 2.45) is 5.92 Å². The van der Waals surface area contributed by atoms with E-state index >= 15 is 0 Å². The molecule has 0 radical (unpaired) electrons. The van der Waals surface area contributed by atoms with Crippen molar-refractivity contribution in [1.82, 2.24) is 19.8 Å². The Morgan fingerprint density at radius 3 is 2.63 bits per heavy atom. The van der Waals surface area contributed by atoms with Crippen molar-refractivity contribution in [3.05, 3.63) is 17.6 Å². The maximum atomic E-state index is 12.4. The second-order valence-corrected chi connectivity index (χ2v) is 8.77. The van der Waals surface area contributed by atoms with Gasteiger partial charge in [0.2, 0.25) is 11.8 Å². The first kappa shape index (κ1) is 22.5. The molecule has 2 aliphatic rings. The molecule has 0 aromatic carbocycles. The average Bonchev–Trinajstić information content (AvgIpc) is 3.12. The first-order valence-corrected chi connectivity index (χ1v) is 11.0. The van der Waals surface area contributed by atoms with Crippen LogP contribution in [-0.2, 0) is 14.3 Å². The van der Waals surface area contributed by atoms with Crippen LogP contribution in [0.2, 0.25) is 0 Å². The minimum absolute atomic E-state index is 0.0796. The minimum Gasteiger partial charge on any atom is -0.383 e. The molecule has 0 bridgehead atoms. The van der Waals surface area contributed by atoms with Gasteiger partial charge in [-0.15, -0.1) is 0 Å². The lowest BCUT2D eigenvalue weighted by Gasteiger charge is -2.32. The van der Waals surface area contributed by atoms with Gasteiger partial charge < -0.3 is 19.9 Å². The number of nitrogens with zero attached hydrogens (tertiary/aromatic N) is 4. The van der Waals surface area contributed by atoms with E-state index in [0.29, 0.717) is 38.5 Å². The molecule has 2 fully saturated rings. The van der Waals surface area contributed by atoms with Gasteiger partial charge in [-0.1, -0.05) is 13.8 Å². The number of anilines is 1. The van der Waals surface area contributed by atoms with Gasteiger partial charge >= 0.3 is 0 Å². The number of amides is 2. The van der Waals surface area contributed by atoms with E-state index in [-0.39, 0.29) is 23.7 Å². The third-order valence-electron chi connectivity index (χ3n) is 6.01. The highest BCUT2D eigenvalue weighted by atomic mass is 16.5. The second kappa shape index (κ2) is 10.2. The second-order valence-electron chi connectivity index (χ2n) is 8.77. The molecule has 3 rings (SSSR count). The fraction of sp³-hybridized carbons (Fsp3) is 0.727. The first-order valence-electron chi connectivity index (χ1n) is 11.0. The Bertz CT molecular complexity index is 746. The van der Waals surface area contributed by atoms with Gasteiger partial charge in [-0.2, -0.15) is 0 Å². The molecule has 0 aliphatic carbocycles. The molecular weight excluding hydrogens is 382 g/mol. The fourth-order valence-electron chi connectivity index (χ4n) is 4.26. The standard InChI is InChI=1S/C22H35N5O3/c1-15(2)11-20(28)26-7-5-16(6-8-26)22-24-18(13-19(23-3)25-22)17-12-21(29)27(14-17)9-10-30-4/h13,15-17H,5-12,14H2,1-4H3,(H,23,24,25). The number of carbonyl (C=O) groups is 2. The summed E-state index contributed by atoms with van der Waals surface area (Å²) in [5, 5.41) is 3.14. The molecule has 3 heterocycles.